The topological polar surface area (TPSA) is 72.7 Å². The second kappa shape index (κ2) is 8.81. The Bertz CT molecular complexity index is 953. The molecule has 6 nitrogen and oxygen atoms in total. The van der Waals surface area contributed by atoms with Gasteiger partial charge in [-0.25, -0.2) is 0 Å². The molecule has 0 aliphatic carbocycles. The summed E-state index contributed by atoms with van der Waals surface area (Å²) >= 11 is 6.50. The number of nitro benzene ring substituents is 1. The lowest BCUT2D eigenvalue weighted by atomic mass is 10.2. The van der Waals surface area contributed by atoms with E-state index in [4.69, 9.17) is 17.0 Å². The van der Waals surface area contributed by atoms with E-state index in [2.05, 4.69) is 6.58 Å². The van der Waals surface area contributed by atoms with Crippen LogP contribution in [-0.4, -0.2) is 26.6 Å². The molecule has 8 heteroatoms. The van der Waals surface area contributed by atoms with Crippen molar-refractivity contribution >= 4 is 46.0 Å². The molecule has 28 heavy (non-hydrogen) atoms. The molecular formula is C20H16N2O4S2. The molecule has 1 saturated heterocycles. The Kier molecular flexibility index (Phi) is 6.23. The number of nitro groups is 1. The quantitative estimate of drug-likeness (QED) is 0.218. The Labute approximate surface area is 171 Å². The van der Waals surface area contributed by atoms with Crippen molar-refractivity contribution in [3.8, 4) is 5.75 Å². The normalized spacial score (nSPS) is 15.1. The van der Waals surface area contributed by atoms with Crippen LogP contribution in [0.25, 0.3) is 6.08 Å². The van der Waals surface area contributed by atoms with E-state index >= 15 is 0 Å². The molecule has 1 aliphatic rings. The molecule has 1 aliphatic heterocycles. The first kappa shape index (κ1) is 19.8. The summed E-state index contributed by atoms with van der Waals surface area (Å²) in [5, 5.41) is 10.7. The van der Waals surface area contributed by atoms with Crippen LogP contribution in [0.1, 0.15) is 11.1 Å². The SMILES string of the molecule is C=CCN1C(=O)C(=Cc2ccc(OCc3ccc([N+](=O)[O-])cc3)cc2)SC1=S. The highest BCUT2D eigenvalue weighted by Gasteiger charge is 2.30. The van der Waals surface area contributed by atoms with E-state index in [-0.39, 0.29) is 11.6 Å². The van der Waals surface area contributed by atoms with Crippen molar-refractivity contribution in [1.29, 1.82) is 0 Å². The van der Waals surface area contributed by atoms with Crippen molar-refractivity contribution < 1.29 is 14.5 Å². The number of rotatable bonds is 7. The second-order valence-corrected chi connectivity index (χ2v) is 7.54. The number of hydrogen-bond donors (Lipinski definition) is 0. The molecule has 1 fully saturated rings. The zero-order valence-electron chi connectivity index (χ0n) is 14.7. The van der Waals surface area contributed by atoms with Gasteiger partial charge in [0.15, 0.2) is 0 Å². The standard InChI is InChI=1S/C20H16N2O4S2/c1-2-11-21-19(23)18(28-20(21)27)12-14-5-9-17(10-6-14)26-13-15-3-7-16(8-4-15)22(24)25/h2-10,12H,1,11,13H2. The maximum absolute atomic E-state index is 12.3. The highest BCUT2D eigenvalue weighted by Crippen LogP contribution is 2.32. The number of non-ortho nitro benzene ring substituents is 1. The van der Waals surface area contributed by atoms with Crippen LogP contribution in [0.15, 0.2) is 66.1 Å². The number of nitrogens with zero attached hydrogens (tertiary/aromatic N) is 2. The van der Waals surface area contributed by atoms with E-state index in [1.54, 1.807) is 24.3 Å². The summed E-state index contributed by atoms with van der Waals surface area (Å²) in [5.41, 5.74) is 1.74. The average Bonchev–Trinajstić information content (AvgIpc) is 2.95. The number of benzene rings is 2. The highest BCUT2D eigenvalue weighted by molar-refractivity contribution is 8.26. The number of ether oxygens (including phenoxy) is 1. The van der Waals surface area contributed by atoms with Gasteiger partial charge >= 0.3 is 0 Å². The van der Waals surface area contributed by atoms with Crippen LogP contribution in [0.3, 0.4) is 0 Å². The Morgan fingerprint density at radius 3 is 2.46 bits per heavy atom. The first-order valence-corrected chi connectivity index (χ1v) is 9.53. The van der Waals surface area contributed by atoms with Gasteiger partial charge in [0, 0.05) is 18.7 Å². The van der Waals surface area contributed by atoms with Crippen molar-refractivity contribution in [3.05, 3.63) is 87.3 Å². The lowest BCUT2D eigenvalue weighted by Gasteiger charge is -2.10. The van der Waals surface area contributed by atoms with E-state index in [0.29, 0.717) is 28.1 Å². The van der Waals surface area contributed by atoms with Crippen LogP contribution in [0.5, 0.6) is 5.75 Å². The fraction of sp³-hybridized carbons (Fsp3) is 0.100. The molecule has 0 spiro atoms. The summed E-state index contributed by atoms with van der Waals surface area (Å²) in [7, 11) is 0. The minimum atomic E-state index is -0.436. The van der Waals surface area contributed by atoms with Gasteiger partial charge in [0.1, 0.15) is 16.7 Å². The van der Waals surface area contributed by atoms with Crippen molar-refractivity contribution in [2.24, 2.45) is 0 Å². The van der Waals surface area contributed by atoms with Crippen LogP contribution in [0, 0.1) is 10.1 Å². The number of hydrogen-bond acceptors (Lipinski definition) is 6. The van der Waals surface area contributed by atoms with Crippen molar-refractivity contribution in [2.45, 2.75) is 6.61 Å². The maximum Gasteiger partial charge on any atom is 0.269 e. The van der Waals surface area contributed by atoms with Gasteiger partial charge in [0.2, 0.25) is 0 Å². The Hall–Kier alpha value is -2.97. The summed E-state index contributed by atoms with van der Waals surface area (Å²) in [4.78, 5) is 24.7. The minimum absolute atomic E-state index is 0.0478. The molecule has 0 aromatic heterocycles. The number of thiocarbonyl (C=S) groups is 1. The van der Waals surface area contributed by atoms with Gasteiger partial charge in [-0.3, -0.25) is 19.8 Å². The minimum Gasteiger partial charge on any atom is -0.489 e. The van der Waals surface area contributed by atoms with E-state index in [1.807, 2.05) is 24.3 Å². The predicted octanol–water partition coefficient (Wildman–Crippen LogP) is 4.56. The van der Waals surface area contributed by atoms with Crippen molar-refractivity contribution in [2.75, 3.05) is 6.54 Å². The van der Waals surface area contributed by atoms with Gasteiger partial charge in [-0.1, -0.05) is 42.2 Å². The van der Waals surface area contributed by atoms with Gasteiger partial charge in [-0.05, 0) is 41.5 Å². The summed E-state index contributed by atoms with van der Waals surface area (Å²) in [6.07, 6.45) is 3.44. The van der Waals surface area contributed by atoms with Gasteiger partial charge in [0.05, 0.1) is 9.83 Å². The summed E-state index contributed by atoms with van der Waals surface area (Å²) in [6, 6.07) is 13.5. The number of amides is 1. The molecule has 2 aromatic rings. The second-order valence-electron chi connectivity index (χ2n) is 5.86. The highest BCUT2D eigenvalue weighted by atomic mass is 32.2. The Balaban J connectivity index is 1.62. The molecular weight excluding hydrogens is 396 g/mol. The van der Waals surface area contributed by atoms with Crippen LogP contribution in [-0.2, 0) is 11.4 Å². The lowest BCUT2D eigenvalue weighted by molar-refractivity contribution is -0.384. The third kappa shape index (κ3) is 4.65. The van der Waals surface area contributed by atoms with Crippen LogP contribution in [0.4, 0.5) is 5.69 Å². The van der Waals surface area contributed by atoms with Gasteiger partial charge in [-0.15, -0.1) is 6.58 Å². The molecule has 0 N–H and O–H groups in total. The fourth-order valence-corrected chi connectivity index (χ4v) is 3.75. The molecule has 0 saturated carbocycles. The van der Waals surface area contributed by atoms with Crippen molar-refractivity contribution in [3.63, 3.8) is 0 Å². The lowest BCUT2D eigenvalue weighted by Crippen LogP contribution is -2.27. The van der Waals surface area contributed by atoms with Crippen molar-refractivity contribution in [1.82, 2.24) is 4.90 Å². The summed E-state index contributed by atoms with van der Waals surface area (Å²) < 4.78 is 6.23. The molecule has 0 unspecified atom stereocenters. The first-order chi connectivity index (χ1) is 13.5. The number of carbonyl (C=O) groups is 1. The van der Waals surface area contributed by atoms with E-state index < -0.39 is 4.92 Å². The monoisotopic (exact) mass is 412 g/mol. The van der Waals surface area contributed by atoms with Crippen LogP contribution < -0.4 is 4.74 Å². The number of thioether (sulfide) groups is 1. The fourth-order valence-electron chi connectivity index (χ4n) is 2.48. The smallest absolute Gasteiger partial charge is 0.269 e. The molecule has 2 aromatic carbocycles. The average molecular weight is 412 g/mol. The molecule has 1 amide bonds. The van der Waals surface area contributed by atoms with Gasteiger partial charge < -0.3 is 4.74 Å². The summed E-state index contributed by atoms with van der Waals surface area (Å²) in [6.45, 7) is 4.34. The maximum atomic E-state index is 12.3. The number of carbonyl (C=O) groups excluding carboxylic acids is 1. The largest absolute Gasteiger partial charge is 0.489 e. The third-order valence-corrected chi connectivity index (χ3v) is 5.29. The Morgan fingerprint density at radius 2 is 1.86 bits per heavy atom. The Morgan fingerprint density at radius 1 is 1.18 bits per heavy atom. The molecule has 0 radical (unpaired) electrons. The van der Waals surface area contributed by atoms with Gasteiger partial charge in [0.25, 0.3) is 11.6 Å². The third-order valence-electron chi connectivity index (χ3n) is 3.92. The van der Waals surface area contributed by atoms with Gasteiger partial charge in [-0.2, -0.15) is 0 Å². The van der Waals surface area contributed by atoms with E-state index in [0.717, 1.165) is 11.1 Å². The molecule has 3 rings (SSSR count). The molecule has 0 bridgehead atoms. The van der Waals surface area contributed by atoms with Crippen LogP contribution in [0.2, 0.25) is 0 Å². The van der Waals surface area contributed by atoms with E-state index in [1.165, 1.54) is 28.8 Å². The molecule has 0 atom stereocenters. The van der Waals surface area contributed by atoms with E-state index in [9.17, 15) is 14.9 Å². The predicted molar refractivity (Wildman–Crippen MR) is 114 cm³/mol. The molecule has 142 valence electrons. The first-order valence-electron chi connectivity index (χ1n) is 8.30. The van der Waals surface area contributed by atoms with Crippen LogP contribution >= 0.6 is 24.0 Å². The zero-order valence-corrected chi connectivity index (χ0v) is 16.4. The summed E-state index contributed by atoms with van der Waals surface area (Å²) in [5.74, 6) is 0.545. The molecule has 1 heterocycles. The zero-order chi connectivity index (χ0) is 20.1.